The molecule has 0 bridgehead atoms. The van der Waals surface area contributed by atoms with E-state index in [1.54, 1.807) is 66.4 Å². The number of fused-ring (bicyclic) bond motifs is 1. The van der Waals surface area contributed by atoms with E-state index in [2.05, 4.69) is 10.2 Å². The van der Waals surface area contributed by atoms with Crippen LogP contribution in [0.2, 0.25) is 0 Å². The van der Waals surface area contributed by atoms with E-state index in [4.69, 9.17) is 9.47 Å². The minimum atomic E-state index is -0.959. The van der Waals surface area contributed by atoms with Crippen molar-refractivity contribution in [2.24, 2.45) is 5.92 Å². The van der Waals surface area contributed by atoms with Gasteiger partial charge in [-0.1, -0.05) is 37.3 Å². The highest BCUT2D eigenvalue weighted by Gasteiger charge is 2.30. The summed E-state index contributed by atoms with van der Waals surface area (Å²) in [5, 5.41) is 22.4. The molecule has 0 spiro atoms. The van der Waals surface area contributed by atoms with E-state index in [1.165, 1.54) is 0 Å². The smallest absolute Gasteiger partial charge is 0.335 e. The summed E-state index contributed by atoms with van der Waals surface area (Å²) in [4.78, 5) is 42.3. The maximum absolute atomic E-state index is 14.3. The molecule has 10 heteroatoms. The minimum Gasteiger partial charge on any atom is -0.490 e. The number of aliphatic hydroxyl groups is 1. The van der Waals surface area contributed by atoms with E-state index in [-0.39, 0.29) is 42.1 Å². The van der Waals surface area contributed by atoms with Gasteiger partial charge in [-0.3, -0.25) is 14.5 Å². The molecule has 0 radical (unpaired) electrons. The molecule has 1 aliphatic heterocycles. The molecule has 0 aliphatic carbocycles. The highest BCUT2D eigenvalue weighted by atomic mass is 16.5. The number of carbonyl (C=O) groups is 3. The van der Waals surface area contributed by atoms with Crippen LogP contribution in [0.1, 0.15) is 76.7 Å². The molecule has 1 aliphatic rings. The van der Waals surface area contributed by atoms with Gasteiger partial charge >= 0.3 is 5.97 Å². The third-order valence-electron chi connectivity index (χ3n) is 8.49. The summed E-state index contributed by atoms with van der Waals surface area (Å²) in [7, 11) is 1.99. The fourth-order valence-corrected chi connectivity index (χ4v) is 5.69. The number of hydrogen-bond acceptors (Lipinski definition) is 7. The van der Waals surface area contributed by atoms with Crippen molar-refractivity contribution >= 4 is 23.5 Å². The number of rotatable bonds is 9. The Hall–Kier alpha value is -4.25. The number of benzene rings is 3. The third kappa shape index (κ3) is 10.1. The van der Waals surface area contributed by atoms with Gasteiger partial charge in [0.25, 0.3) is 11.8 Å². The Morgan fingerprint density at radius 2 is 1.74 bits per heavy atom. The first-order valence-corrected chi connectivity index (χ1v) is 16.3. The number of ether oxygens (including phenoxy) is 2. The van der Waals surface area contributed by atoms with Crippen molar-refractivity contribution in [3.63, 3.8) is 0 Å². The number of likely N-dealkylation sites (N-methyl/N-ethyl adjacent to an activating group) is 1. The van der Waals surface area contributed by atoms with E-state index in [0.717, 1.165) is 24.8 Å². The maximum atomic E-state index is 14.3. The summed E-state index contributed by atoms with van der Waals surface area (Å²) >= 11 is 0. The molecule has 1 heterocycles. The van der Waals surface area contributed by atoms with Gasteiger partial charge in [0.05, 0.1) is 36.0 Å². The summed E-state index contributed by atoms with van der Waals surface area (Å²) in [6.45, 7) is 7.67. The van der Waals surface area contributed by atoms with E-state index in [9.17, 15) is 24.6 Å². The first-order chi connectivity index (χ1) is 22.5. The number of nitrogens with zero attached hydrogens (tertiary/aromatic N) is 2. The second-order valence-electron chi connectivity index (χ2n) is 12.5. The predicted molar refractivity (Wildman–Crippen MR) is 181 cm³/mol. The number of carboxylic acids is 1. The molecule has 47 heavy (non-hydrogen) atoms. The lowest BCUT2D eigenvalue weighted by Gasteiger charge is -2.36. The number of aliphatic hydroxyl groups excluding tert-OH is 1. The number of aromatic carboxylic acids is 1. The van der Waals surface area contributed by atoms with Gasteiger partial charge in [0.15, 0.2) is 0 Å². The topological polar surface area (TPSA) is 129 Å². The number of hydrogen-bond donors (Lipinski definition) is 3. The fraction of sp³-hybridized carbons (Fsp3) is 0.432. The molecule has 3 N–H and O–H groups in total. The van der Waals surface area contributed by atoms with Crippen molar-refractivity contribution in [2.45, 2.75) is 64.8 Å². The maximum Gasteiger partial charge on any atom is 0.335 e. The lowest BCUT2D eigenvalue weighted by atomic mass is 10.0. The highest BCUT2D eigenvalue weighted by molar-refractivity contribution is 6.05. The lowest BCUT2D eigenvalue weighted by molar-refractivity contribution is -0.0177. The van der Waals surface area contributed by atoms with Crippen molar-refractivity contribution in [2.75, 3.05) is 38.7 Å². The number of carboxylic acid groups (broad SMARTS) is 1. The molecule has 0 fully saturated rings. The Morgan fingerprint density at radius 1 is 1.02 bits per heavy atom. The van der Waals surface area contributed by atoms with Gasteiger partial charge < -0.3 is 29.9 Å². The Morgan fingerprint density at radius 3 is 2.43 bits per heavy atom. The molecule has 10 nitrogen and oxygen atoms in total. The van der Waals surface area contributed by atoms with Gasteiger partial charge in [0.2, 0.25) is 0 Å². The molecular formula is C37H47N3O7. The normalized spacial score (nSPS) is 20.1. The zero-order valence-corrected chi connectivity index (χ0v) is 27.7. The SMILES string of the molecule is C[C@@H]1CCCCO[C@@H](CN(C)Cc2ccc(C(=O)O)cc2)[C@@H](C)CN([C@@H](C)CO)C(=O)c2cc(NC(=O)c3ccccc3)ccc2O1. The Kier molecular flexibility index (Phi) is 12.9. The molecule has 3 aromatic carbocycles. The monoisotopic (exact) mass is 645 g/mol. The minimum absolute atomic E-state index is 0.100. The molecule has 0 unspecified atom stereocenters. The molecular weight excluding hydrogens is 598 g/mol. The van der Waals surface area contributed by atoms with Crippen LogP contribution in [0.4, 0.5) is 5.69 Å². The summed E-state index contributed by atoms with van der Waals surface area (Å²) < 4.78 is 12.7. The molecule has 0 aromatic heterocycles. The van der Waals surface area contributed by atoms with Crippen molar-refractivity contribution in [3.05, 3.63) is 95.1 Å². The first kappa shape index (κ1) is 35.6. The van der Waals surface area contributed by atoms with Crippen LogP contribution in [0.15, 0.2) is 72.8 Å². The van der Waals surface area contributed by atoms with Crippen molar-refractivity contribution in [3.8, 4) is 5.75 Å². The average molecular weight is 646 g/mol. The van der Waals surface area contributed by atoms with Gasteiger partial charge in [0.1, 0.15) is 5.75 Å². The molecule has 252 valence electrons. The Bertz CT molecular complexity index is 1480. The van der Waals surface area contributed by atoms with Crippen LogP contribution in [0, 0.1) is 5.92 Å². The first-order valence-electron chi connectivity index (χ1n) is 16.3. The largest absolute Gasteiger partial charge is 0.490 e. The van der Waals surface area contributed by atoms with Crippen LogP contribution in [-0.2, 0) is 11.3 Å². The fourth-order valence-electron chi connectivity index (χ4n) is 5.69. The van der Waals surface area contributed by atoms with Gasteiger partial charge in [-0.15, -0.1) is 0 Å². The summed E-state index contributed by atoms with van der Waals surface area (Å²) in [5.74, 6) is -1.22. The highest BCUT2D eigenvalue weighted by Crippen LogP contribution is 2.29. The average Bonchev–Trinajstić information content (AvgIpc) is 3.06. The number of nitrogens with one attached hydrogen (secondary N) is 1. The molecule has 4 atom stereocenters. The molecule has 0 saturated heterocycles. The van der Waals surface area contributed by atoms with Crippen LogP contribution in [-0.4, -0.2) is 89.4 Å². The van der Waals surface area contributed by atoms with E-state index in [0.29, 0.717) is 48.8 Å². The van der Waals surface area contributed by atoms with Crippen LogP contribution in [0.3, 0.4) is 0 Å². The van der Waals surface area contributed by atoms with Crippen molar-refractivity contribution in [1.29, 1.82) is 0 Å². The van der Waals surface area contributed by atoms with E-state index >= 15 is 0 Å². The van der Waals surface area contributed by atoms with Crippen LogP contribution >= 0.6 is 0 Å². The number of anilines is 1. The zero-order valence-electron chi connectivity index (χ0n) is 27.7. The number of carbonyl (C=O) groups excluding carboxylic acids is 2. The summed E-state index contributed by atoms with van der Waals surface area (Å²) in [5.41, 5.74) is 2.51. The van der Waals surface area contributed by atoms with E-state index < -0.39 is 12.0 Å². The Labute approximate surface area is 277 Å². The second-order valence-corrected chi connectivity index (χ2v) is 12.5. The molecule has 4 rings (SSSR count). The van der Waals surface area contributed by atoms with Gasteiger partial charge in [-0.25, -0.2) is 4.79 Å². The predicted octanol–water partition coefficient (Wildman–Crippen LogP) is 5.56. The van der Waals surface area contributed by atoms with Crippen molar-refractivity contribution < 1.29 is 34.1 Å². The molecule has 0 saturated carbocycles. The van der Waals surface area contributed by atoms with Crippen LogP contribution in [0.25, 0.3) is 0 Å². The van der Waals surface area contributed by atoms with E-state index in [1.807, 2.05) is 39.1 Å². The van der Waals surface area contributed by atoms with Crippen LogP contribution in [0.5, 0.6) is 5.75 Å². The quantitative estimate of drug-likeness (QED) is 0.276. The summed E-state index contributed by atoms with van der Waals surface area (Å²) in [6, 6.07) is 20.3. The van der Waals surface area contributed by atoms with Crippen molar-refractivity contribution in [1.82, 2.24) is 9.80 Å². The summed E-state index contributed by atoms with van der Waals surface area (Å²) in [6.07, 6.45) is 2.13. The molecule has 2 amide bonds. The zero-order chi connectivity index (χ0) is 33.9. The standard InChI is InChI=1S/C37H47N3O7/c1-25-21-40(26(2)24-41)36(43)32-20-31(38-35(42)29-11-6-5-7-12-29)17-18-33(32)47-27(3)10-8-9-19-46-34(25)23-39(4)22-28-13-15-30(16-14-28)37(44)45/h5-7,11-18,20,25-27,34,41H,8-10,19,21-24H2,1-4H3,(H,38,42)(H,44,45)/t25-,26-,27+,34-/m0/s1. The van der Waals surface area contributed by atoms with Gasteiger partial charge in [-0.2, -0.15) is 0 Å². The second kappa shape index (κ2) is 17.1. The third-order valence-corrected chi connectivity index (χ3v) is 8.49. The number of amides is 2. The van der Waals surface area contributed by atoms with Gasteiger partial charge in [-0.05, 0) is 88.2 Å². The molecule has 3 aromatic rings. The van der Waals surface area contributed by atoms with Crippen LogP contribution < -0.4 is 10.1 Å². The van der Waals surface area contributed by atoms with Gasteiger partial charge in [0, 0.05) is 43.4 Å². The lowest BCUT2D eigenvalue weighted by Crippen LogP contribution is -2.47. The Balaban J connectivity index is 1.59.